The highest BCUT2D eigenvalue weighted by molar-refractivity contribution is 5.94. The first-order valence-corrected chi connectivity index (χ1v) is 3.59. The highest BCUT2D eigenvalue weighted by Crippen LogP contribution is 2.05. The van der Waals surface area contributed by atoms with Crippen LogP contribution in [0.2, 0.25) is 0 Å². The van der Waals surface area contributed by atoms with Gasteiger partial charge in [0.05, 0.1) is 6.34 Å². The summed E-state index contributed by atoms with van der Waals surface area (Å²) >= 11 is 0. The van der Waals surface area contributed by atoms with Crippen molar-refractivity contribution in [3.05, 3.63) is 0 Å². The number of carbonyl (C=O) groups excluding carboxylic acids is 1. The van der Waals surface area contributed by atoms with Gasteiger partial charge in [-0.15, -0.1) is 0 Å². The molecule has 1 aliphatic rings. The van der Waals surface area contributed by atoms with E-state index in [0.29, 0.717) is 0 Å². The largest absolute Gasteiger partial charge is 0.351 e. The number of amides is 1. The van der Waals surface area contributed by atoms with Crippen LogP contribution < -0.4 is 0 Å². The Morgan fingerprint density at radius 2 is 2.50 bits per heavy atom. The third-order valence-corrected chi connectivity index (χ3v) is 1.67. The molecule has 0 N–H and O–H groups in total. The molecule has 1 amide bonds. The molecule has 10 heavy (non-hydrogen) atoms. The molecule has 1 rings (SSSR count). The molecule has 0 aromatic carbocycles. The van der Waals surface area contributed by atoms with Crippen molar-refractivity contribution >= 4 is 12.2 Å². The fourth-order valence-corrected chi connectivity index (χ4v) is 0.990. The Kier molecular flexibility index (Phi) is 2.04. The first kappa shape index (κ1) is 7.25. The van der Waals surface area contributed by atoms with Crippen molar-refractivity contribution in [3.63, 3.8) is 0 Å². The Balaban J connectivity index is 2.49. The Bertz CT molecular complexity index is 165. The van der Waals surface area contributed by atoms with Gasteiger partial charge in [0, 0.05) is 6.54 Å². The van der Waals surface area contributed by atoms with Crippen molar-refractivity contribution in [3.8, 4) is 0 Å². The molecule has 3 heteroatoms. The standard InChI is InChI=1S/C7H12N2O/c1-3-4-9-5-8-7(10)6(9)2/h5-6H,3-4H2,1-2H3. The van der Waals surface area contributed by atoms with E-state index in [9.17, 15) is 4.79 Å². The molecular formula is C7H12N2O. The van der Waals surface area contributed by atoms with Crippen LogP contribution in [0.1, 0.15) is 20.3 Å². The molecule has 1 aliphatic heterocycles. The number of rotatable bonds is 2. The Morgan fingerprint density at radius 3 is 2.90 bits per heavy atom. The summed E-state index contributed by atoms with van der Waals surface area (Å²) in [5, 5.41) is 0. The quantitative estimate of drug-likeness (QED) is 0.564. The van der Waals surface area contributed by atoms with Crippen molar-refractivity contribution in [2.75, 3.05) is 6.54 Å². The summed E-state index contributed by atoms with van der Waals surface area (Å²) in [5.41, 5.74) is 0. The van der Waals surface area contributed by atoms with Gasteiger partial charge in [0.1, 0.15) is 6.04 Å². The normalized spacial score (nSPS) is 24.4. The minimum absolute atomic E-state index is 0.0200. The molecule has 0 spiro atoms. The maximum atomic E-state index is 10.8. The summed E-state index contributed by atoms with van der Waals surface area (Å²) in [6.07, 6.45) is 2.69. The van der Waals surface area contributed by atoms with E-state index in [-0.39, 0.29) is 11.9 Å². The van der Waals surface area contributed by atoms with E-state index in [0.717, 1.165) is 13.0 Å². The zero-order valence-electron chi connectivity index (χ0n) is 6.37. The summed E-state index contributed by atoms with van der Waals surface area (Å²) in [5.74, 6) is -0.0200. The zero-order chi connectivity index (χ0) is 7.56. The van der Waals surface area contributed by atoms with E-state index >= 15 is 0 Å². The molecule has 0 aliphatic carbocycles. The van der Waals surface area contributed by atoms with Gasteiger partial charge in [-0.05, 0) is 13.3 Å². The van der Waals surface area contributed by atoms with E-state index in [4.69, 9.17) is 0 Å². The lowest BCUT2D eigenvalue weighted by Crippen LogP contribution is -2.31. The van der Waals surface area contributed by atoms with E-state index in [1.165, 1.54) is 0 Å². The highest BCUT2D eigenvalue weighted by Gasteiger charge is 2.22. The van der Waals surface area contributed by atoms with Gasteiger partial charge < -0.3 is 4.90 Å². The fraction of sp³-hybridized carbons (Fsp3) is 0.714. The van der Waals surface area contributed by atoms with Crippen LogP contribution in [0.25, 0.3) is 0 Å². The van der Waals surface area contributed by atoms with E-state index in [2.05, 4.69) is 11.9 Å². The maximum Gasteiger partial charge on any atom is 0.269 e. The van der Waals surface area contributed by atoms with Gasteiger partial charge in [-0.2, -0.15) is 0 Å². The van der Waals surface area contributed by atoms with Crippen LogP contribution >= 0.6 is 0 Å². The van der Waals surface area contributed by atoms with Gasteiger partial charge in [-0.25, -0.2) is 4.99 Å². The third kappa shape index (κ3) is 1.17. The highest BCUT2D eigenvalue weighted by atomic mass is 16.2. The summed E-state index contributed by atoms with van der Waals surface area (Å²) in [6, 6.07) is -0.0278. The number of aliphatic imine (C=N–C) groups is 1. The molecule has 1 heterocycles. The third-order valence-electron chi connectivity index (χ3n) is 1.67. The molecule has 0 saturated heterocycles. The maximum absolute atomic E-state index is 10.8. The topological polar surface area (TPSA) is 32.7 Å². The van der Waals surface area contributed by atoms with Gasteiger partial charge in [0.15, 0.2) is 0 Å². The first-order chi connectivity index (χ1) is 4.75. The van der Waals surface area contributed by atoms with Gasteiger partial charge in [-0.1, -0.05) is 6.92 Å². The molecule has 56 valence electrons. The van der Waals surface area contributed by atoms with E-state index < -0.39 is 0 Å². The second-order valence-corrected chi connectivity index (χ2v) is 2.50. The van der Waals surface area contributed by atoms with E-state index in [1.807, 2.05) is 11.8 Å². The summed E-state index contributed by atoms with van der Waals surface area (Å²) < 4.78 is 0. The monoisotopic (exact) mass is 140 g/mol. The fourth-order valence-electron chi connectivity index (χ4n) is 0.990. The molecule has 0 aromatic rings. The molecule has 3 nitrogen and oxygen atoms in total. The predicted molar refractivity (Wildman–Crippen MR) is 40.0 cm³/mol. The molecule has 0 saturated carbocycles. The average Bonchev–Trinajstić information content (AvgIpc) is 2.20. The first-order valence-electron chi connectivity index (χ1n) is 3.59. The Hall–Kier alpha value is -0.860. The van der Waals surface area contributed by atoms with Gasteiger partial charge >= 0.3 is 0 Å². The van der Waals surface area contributed by atoms with Crippen LogP contribution in [0.3, 0.4) is 0 Å². The lowest BCUT2D eigenvalue weighted by Gasteiger charge is -2.17. The molecule has 0 fully saturated rings. The molecule has 0 radical (unpaired) electrons. The Labute approximate surface area is 60.7 Å². The van der Waals surface area contributed by atoms with Crippen molar-refractivity contribution in [2.24, 2.45) is 4.99 Å². The van der Waals surface area contributed by atoms with Gasteiger partial charge in [0.2, 0.25) is 0 Å². The van der Waals surface area contributed by atoms with Crippen LogP contribution in [0.5, 0.6) is 0 Å². The van der Waals surface area contributed by atoms with Crippen LogP contribution in [0, 0.1) is 0 Å². The number of nitrogens with zero attached hydrogens (tertiary/aromatic N) is 2. The molecular weight excluding hydrogens is 128 g/mol. The van der Waals surface area contributed by atoms with E-state index in [1.54, 1.807) is 6.34 Å². The van der Waals surface area contributed by atoms with Crippen LogP contribution in [-0.2, 0) is 4.79 Å². The Morgan fingerprint density at radius 1 is 1.80 bits per heavy atom. The summed E-state index contributed by atoms with van der Waals surface area (Å²) in [7, 11) is 0. The lowest BCUT2D eigenvalue weighted by molar-refractivity contribution is -0.119. The molecule has 0 aromatic heterocycles. The second kappa shape index (κ2) is 2.82. The SMILES string of the molecule is CCCN1C=NC(=O)C1C. The molecule has 1 atom stereocenters. The summed E-state index contributed by atoms with van der Waals surface area (Å²) in [6.45, 7) is 4.89. The van der Waals surface area contributed by atoms with Crippen molar-refractivity contribution < 1.29 is 4.79 Å². The van der Waals surface area contributed by atoms with Crippen LogP contribution in [-0.4, -0.2) is 29.7 Å². The number of carbonyl (C=O) groups is 1. The lowest BCUT2D eigenvalue weighted by atomic mass is 10.3. The molecule has 1 unspecified atom stereocenters. The smallest absolute Gasteiger partial charge is 0.269 e. The van der Waals surface area contributed by atoms with Crippen molar-refractivity contribution in [1.82, 2.24) is 4.90 Å². The number of hydrogen-bond acceptors (Lipinski definition) is 2. The average molecular weight is 140 g/mol. The van der Waals surface area contributed by atoms with Gasteiger partial charge in [0.25, 0.3) is 5.91 Å². The second-order valence-electron chi connectivity index (χ2n) is 2.50. The minimum Gasteiger partial charge on any atom is -0.351 e. The van der Waals surface area contributed by atoms with Crippen LogP contribution in [0.15, 0.2) is 4.99 Å². The van der Waals surface area contributed by atoms with Crippen molar-refractivity contribution in [2.45, 2.75) is 26.3 Å². The molecule has 0 bridgehead atoms. The van der Waals surface area contributed by atoms with Crippen LogP contribution in [0.4, 0.5) is 0 Å². The predicted octanol–water partition coefficient (Wildman–Crippen LogP) is 0.655. The van der Waals surface area contributed by atoms with Gasteiger partial charge in [-0.3, -0.25) is 4.79 Å². The zero-order valence-corrected chi connectivity index (χ0v) is 6.37. The van der Waals surface area contributed by atoms with Crippen molar-refractivity contribution in [1.29, 1.82) is 0 Å². The summed E-state index contributed by atoms with van der Waals surface area (Å²) in [4.78, 5) is 16.5. The minimum atomic E-state index is -0.0278. The number of hydrogen-bond donors (Lipinski definition) is 0.